The lowest BCUT2D eigenvalue weighted by Gasteiger charge is -2.21. The van der Waals surface area contributed by atoms with Crippen molar-refractivity contribution in [1.82, 2.24) is 4.90 Å². The molecule has 0 saturated carbocycles. The molecule has 130 valence electrons. The lowest BCUT2D eigenvalue weighted by molar-refractivity contribution is -0.137. The first-order chi connectivity index (χ1) is 11.2. The number of rotatable bonds is 5. The van der Waals surface area contributed by atoms with E-state index in [1.807, 2.05) is 6.92 Å². The Bertz CT molecular complexity index is 691. The molecule has 0 aliphatic heterocycles. The fourth-order valence-electron chi connectivity index (χ4n) is 2.26. The third-order valence-electron chi connectivity index (χ3n) is 3.59. The van der Waals surface area contributed by atoms with E-state index in [2.05, 4.69) is 0 Å². The Morgan fingerprint density at radius 3 is 2.33 bits per heavy atom. The number of hydrogen-bond acceptors (Lipinski definition) is 3. The van der Waals surface area contributed by atoms with Crippen LogP contribution in [0, 0.1) is 0 Å². The minimum Gasteiger partial charge on any atom is -0.459 e. The second kappa shape index (κ2) is 7.09. The van der Waals surface area contributed by atoms with Crippen molar-refractivity contribution in [1.29, 1.82) is 0 Å². The molecule has 0 aliphatic rings. The number of halogens is 3. The second-order valence-corrected chi connectivity index (χ2v) is 5.48. The van der Waals surface area contributed by atoms with Gasteiger partial charge in [-0.25, -0.2) is 0 Å². The average molecular weight is 340 g/mol. The minimum absolute atomic E-state index is 0.190. The number of carbonyl (C=O) groups excluding carboxylic acids is 1. The van der Waals surface area contributed by atoms with Crippen LogP contribution in [0.2, 0.25) is 0 Å². The molecule has 2 N–H and O–H groups in total. The Labute approximate surface area is 138 Å². The van der Waals surface area contributed by atoms with Crippen LogP contribution < -0.4 is 5.73 Å². The van der Waals surface area contributed by atoms with Gasteiger partial charge in [-0.1, -0.05) is 12.1 Å². The first kappa shape index (κ1) is 18.1. The van der Waals surface area contributed by atoms with Crippen LogP contribution in [0.1, 0.15) is 25.2 Å². The van der Waals surface area contributed by atoms with Crippen molar-refractivity contribution < 1.29 is 22.4 Å². The van der Waals surface area contributed by atoms with Gasteiger partial charge in [-0.05, 0) is 38.1 Å². The summed E-state index contributed by atoms with van der Waals surface area (Å²) in [5.41, 5.74) is 5.43. The van der Waals surface area contributed by atoms with Crippen LogP contribution in [0.15, 0.2) is 40.8 Å². The van der Waals surface area contributed by atoms with Crippen LogP contribution in [0.3, 0.4) is 0 Å². The molecule has 24 heavy (non-hydrogen) atoms. The van der Waals surface area contributed by atoms with E-state index in [0.29, 0.717) is 23.6 Å². The van der Waals surface area contributed by atoms with Crippen LogP contribution in [0.25, 0.3) is 11.3 Å². The number of nitrogens with zero attached hydrogens (tertiary/aromatic N) is 1. The summed E-state index contributed by atoms with van der Waals surface area (Å²) in [6, 6.07) is 7.50. The summed E-state index contributed by atoms with van der Waals surface area (Å²) < 4.78 is 43.4. The molecule has 0 radical (unpaired) electrons. The largest absolute Gasteiger partial charge is 0.459 e. The molecule has 2 rings (SSSR count). The first-order valence-electron chi connectivity index (χ1n) is 7.53. The highest BCUT2D eigenvalue weighted by Crippen LogP contribution is 2.31. The van der Waals surface area contributed by atoms with E-state index < -0.39 is 17.8 Å². The molecule has 0 unspecified atom stereocenters. The Morgan fingerprint density at radius 2 is 1.83 bits per heavy atom. The van der Waals surface area contributed by atoms with Crippen molar-refractivity contribution in [2.24, 2.45) is 5.73 Å². The van der Waals surface area contributed by atoms with Crippen LogP contribution in [-0.4, -0.2) is 23.4 Å². The van der Waals surface area contributed by atoms with Crippen molar-refractivity contribution >= 4 is 5.91 Å². The molecule has 2 aromatic rings. The summed E-state index contributed by atoms with van der Waals surface area (Å²) in [6.45, 7) is 4.19. The Kier molecular flexibility index (Phi) is 5.33. The molecular formula is C17H19F3N2O2. The van der Waals surface area contributed by atoms with Gasteiger partial charge in [0.15, 0.2) is 0 Å². The Morgan fingerprint density at radius 1 is 1.21 bits per heavy atom. The minimum atomic E-state index is -4.37. The van der Waals surface area contributed by atoms with E-state index in [-0.39, 0.29) is 12.5 Å². The number of nitrogens with two attached hydrogens (primary N) is 1. The molecule has 7 heteroatoms. The number of amides is 1. The van der Waals surface area contributed by atoms with E-state index in [0.717, 1.165) is 12.1 Å². The molecule has 1 aromatic heterocycles. The molecule has 0 spiro atoms. The third kappa shape index (κ3) is 4.17. The normalized spacial score (nSPS) is 12.9. The molecular weight excluding hydrogens is 321 g/mol. The average Bonchev–Trinajstić information content (AvgIpc) is 2.99. The SMILES string of the molecule is CCN(Cc1ccc(-c2ccc(C(F)(F)F)cc2)o1)C(=O)[C@@H](C)N. The molecule has 1 amide bonds. The van der Waals surface area contributed by atoms with Crippen molar-refractivity contribution in [2.45, 2.75) is 32.6 Å². The van der Waals surface area contributed by atoms with Gasteiger partial charge in [0.2, 0.25) is 5.91 Å². The standard InChI is InChI=1S/C17H19F3N2O2/c1-3-22(16(23)11(2)21)10-14-8-9-15(24-14)12-4-6-13(7-5-12)17(18,19)20/h4-9,11H,3,10,21H2,1-2H3/t11-/m1/s1. The molecule has 0 bridgehead atoms. The zero-order valence-corrected chi connectivity index (χ0v) is 13.4. The highest BCUT2D eigenvalue weighted by molar-refractivity contribution is 5.81. The Balaban J connectivity index is 2.14. The van der Waals surface area contributed by atoms with Gasteiger partial charge in [0.05, 0.1) is 18.2 Å². The monoisotopic (exact) mass is 340 g/mol. The van der Waals surface area contributed by atoms with Gasteiger partial charge >= 0.3 is 6.18 Å². The van der Waals surface area contributed by atoms with E-state index in [4.69, 9.17) is 10.2 Å². The number of benzene rings is 1. The lowest BCUT2D eigenvalue weighted by Crippen LogP contribution is -2.41. The molecule has 0 aliphatic carbocycles. The van der Waals surface area contributed by atoms with E-state index in [9.17, 15) is 18.0 Å². The molecule has 1 atom stereocenters. The maximum atomic E-state index is 12.6. The molecule has 4 nitrogen and oxygen atoms in total. The molecule has 1 aromatic carbocycles. The number of hydrogen-bond donors (Lipinski definition) is 1. The molecule has 1 heterocycles. The van der Waals surface area contributed by atoms with Crippen molar-refractivity contribution in [3.05, 3.63) is 47.7 Å². The highest BCUT2D eigenvalue weighted by atomic mass is 19.4. The summed E-state index contributed by atoms with van der Waals surface area (Å²) in [5, 5.41) is 0. The smallest absolute Gasteiger partial charge is 0.416 e. The van der Waals surface area contributed by atoms with Crippen LogP contribution in [-0.2, 0) is 17.5 Å². The van der Waals surface area contributed by atoms with Gasteiger partial charge in [0, 0.05) is 12.1 Å². The highest BCUT2D eigenvalue weighted by Gasteiger charge is 2.30. The van der Waals surface area contributed by atoms with Gasteiger partial charge in [0.25, 0.3) is 0 Å². The van der Waals surface area contributed by atoms with Crippen molar-refractivity contribution in [3.63, 3.8) is 0 Å². The second-order valence-electron chi connectivity index (χ2n) is 5.48. The maximum Gasteiger partial charge on any atom is 0.416 e. The topological polar surface area (TPSA) is 59.5 Å². The Hall–Kier alpha value is -2.28. The van der Waals surface area contributed by atoms with E-state index in [1.54, 1.807) is 24.0 Å². The van der Waals surface area contributed by atoms with Gasteiger partial charge in [-0.15, -0.1) is 0 Å². The summed E-state index contributed by atoms with van der Waals surface area (Å²) in [5.74, 6) is 0.800. The predicted molar refractivity (Wildman–Crippen MR) is 83.9 cm³/mol. The summed E-state index contributed by atoms with van der Waals surface area (Å²) >= 11 is 0. The number of alkyl halides is 3. The van der Waals surface area contributed by atoms with Crippen LogP contribution in [0.5, 0.6) is 0 Å². The fraction of sp³-hybridized carbons (Fsp3) is 0.353. The van der Waals surface area contributed by atoms with Crippen molar-refractivity contribution in [3.8, 4) is 11.3 Å². The summed E-state index contributed by atoms with van der Waals surface area (Å²) in [6.07, 6.45) is -4.37. The predicted octanol–water partition coefficient (Wildman–Crippen LogP) is 3.66. The van der Waals surface area contributed by atoms with Gasteiger partial charge in [0.1, 0.15) is 11.5 Å². The third-order valence-corrected chi connectivity index (χ3v) is 3.59. The van der Waals surface area contributed by atoms with E-state index in [1.165, 1.54) is 12.1 Å². The van der Waals surface area contributed by atoms with Crippen LogP contribution >= 0.6 is 0 Å². The maximum absolute atomic E-state index is 12.6. The number of furan rings is 1. The number of likely N-dealkylation sites (N-methyl/N-ethyl adjacent to an activating group) is 1. The van der Waals surface area contributed by atoms with E-state index >= 15 is 0 Å². The van der Waals surface area contributed by atoms with Crippen molar-refractivity contribution in [2.75, 3.05) is 6.54 Å². The van der Waals surface area contributed by atoms with Crippen LogP contribution in [0.4, 0.5) is 13.2 Å². The lowest BCUT2D eigenvalue weighted by atomic mass is 10.1. The summed E-state index contributed by atoms with van der Waals surface area (Å²) in [7, 11) is 0. The fourth-order valence-corrected chi connectivity index (χ4v) is 2.26. The molecule has 0 saturated heterocycles. The van der Waals surface area contributed by atoms with Gasteiger partial charge in [-0.2, -0.15) is 13.2 Å². The quantitative estimate of drug-likeness (QED) is 0.904. The zero-order valence-electron chi connectivity index (χ0n) is 13.4. The zero-order chi connectivity index (χ0) is 17.9. The van der Waals surface area contributed by atoms with Gasteiger partial charge in [-0.3, -0.25) is 4.79 Å². The molecule has 0 fully saturated rings. The first-order valence-corrected chi connectivity index (χ1v) is 7.53. The van der Waals surface area contributed by atoms with Gasteiger partial charge < -0.3 is 15.1 Å². The number of carbonyl (C=O) groups is 1. The summed E-state index contributed by atoms with van der Waals surface area (Å²) in [4.78, 5) is 13.5.